The maximum atomic E-state index is 12.9. The van der Waals surface area contributed by atoms with Crippen LogP contribution in [-0.2, 0) is 11.2 Å². The van der Waals surface area contributed by atoms with Gasteiger partial charge in [0.05, 0.1) is 0 Å². The minimum atomic E-state index is -0.292. The van der Waals surface area contributed by atoms with Crippen LogP contribution in [0.2, 0.25) is 0 Å². The van der Waals surface area contributed by atoms with Gasteiger partial charge in [0.25, 0.3) is 0 Å². The molecule has 2 rings (SSSR count). The smallest absolute Gasteiger partial charge is 0.224 e. The maximum Gasteiger partial charge on any atom is 0.224 e. The summed E-state index contributed by atoms with van der Waals surface area (Å²) in [5.74, 6) is -0.349. The number of aryl methyl sites for hydroxylation is 2. The summed E-state index contributed by atoms with van der Waals surface area (Å²) in [4.78, 5) is 11.8. The molecular formula is C16H16FNO. The summed E-state index contributed by atoms with van der Waals surface area (Å²) in [5, 5.41) is 2.80. The Morgan fingerprint density at radius 2 is 1.89 bits per heavy atom. The minimum Gasteiger partial charge on any atom is -0.326 e. The number of halogens is 1. The summed E-state index contributed by atoms with van der Waals surface area (Å²) in [6.45, 7) is 1.77. The van der Waals surface area contributed by atoms with E-state index in [0.717, 1.165) is 11.1 Å². The average molecular weight is 257 g/mol. The topological polar surface area (TPSA) is 29.1 Å². The van der Waals surface area contributed by atoms with Crippen LogP contribution in [0.5, 0.6) is 0 Å². The van der Waals surface area contributed by atoms with Crippen LogP contribution in [0.25, 0.3) is 0 Å². The predicted molar refractivity (Wildman–Crippen MR) is 74.5 cm³/mol. The molecule has 0 unspecified atom stereocenters. The Bertz CT molecular complexity index is 566. The van der Waals surface area contributed by atoms with Gasteiger partial charge in [0, 0.05) is 12.1 Å². The Labute approximate surface area is 112 Å². The fourth-order valence-corrected chi connectivity index (χ4v) is 1.88. The largest absolute Gasteiger partial charge is 0.326 e. The maximum absolute atomic E-state index is 12.9. The number of rotatable bonds is 4. The van der Waals surface area contributed by atoms with Gasteiger partial charge in [-0.25, -0.2) is 4.39 Å². The standard InChI is InChI=1S/C16H16FNO/c1-12-11-14(17)8-9-15(12)18-16(19)10-7-13-5-3-2-4-6-13/h2-6,8-9,11H,7,10H2,1H3,(H,18,19). The van der Waals surface area contributed by atoms with E-state index >= 15 is 0 Å². The van der Waals surface area contributed by atoms with E-state index in [2.05, 4.69) is 5.32 Å². The van der Waals surface area contributed by atoms with Crippen LogP contribution in [0.1, 0.15) is 17.5 Å². The van der Waals surface area contributed by atoms with Crippen LogP contribution in [0.4, 0.5) is 10.1 Å². The van der Waals surface area contributed by atoms with Crippen LogP contribution in [-0.4, -0.2) is 5.91 Å². The van der Waals surface area contributed by atoms with Crippen molar-refractivity contribution in [1.29, 1.82) is 0 Å². The summed E-state index contributed by atoms with van der Waals surface area (Å²) < 4.78 is 12.9. The Morgan fingerprint density at radius 1 is 1.16 bits per heavy atom. The highest BCUT2D eigenvalue weighted by Crippen LogP contribution is 2.16. The highest BCUT2D eigenvalue weighted by Gasteiger charge is 2.05. The van der Waals surface area contributed by atoms with E-state index in [9.17, 15) is 9.18 Å². The second-order valence-corrected chi connectivity index (χ2v) is 4.49. The van der Waals surface area contributed by atoms with Crippen molar-refractivity contribution in [2.45, 2.75) is 19.8 Å². The van der Waals surface area contributed by atoms with E-state index in [-0.39, 0.29) is 11.7 Å². The first kappa shape index (κ1) is 13.3. The van der Waals surface area contributed by atoms with Gasteiger partial charge in [0.1, 0.15) is 5.82 Å². The van der Waals surface area contributed by atoms with Gasteiger partial charge in [0.15, 0.2) is 0 Å². The molecule has 2 nitrogen and oxygen atoms in total. The lowest BCUT2D eigenvalue weighted by Crippen LogP contribution is -2.13. The fourth-order valence-electron chi connectivity index (χ4n) is 1.88. The molecule has 98 valence electrons. The number of carbonyl (C=O) groups is 1. The second-order valence-electron chi connectivity index (χ2n) is 4.49. The molecule has 0 aliphatic rings. The van der Waals surface area contributed by atoms with E-state index in [4.69, 9.17) is 0 Å². The molecule has 1 N–H and O–H groups in total. The molecule has 1 amide bonds. The first-order valence-electron chi connectivity index (χ1n) is 6.25. The van der Waals surface area contributed by atoms with Crippen LogP contribution < -0.4 is 5.32 Å². The molecule has 0 saturated heterocycles. The van der Waals surface area contributed by atoms with Gasteiger partial charge in [-0.2, -0.15) is 0 Å². The molecule has 0 spiro atoms. The molecule has 0 heterocycles. The van der Waals surface area contributed by atoms with Crippen molar-refractivity contribution in [2.75, 3.05) is 5.32 Å². The van der Waals surface area contributed by atoms with E-state index in [0.29, 0.717) is 18.5 Å². The monoisotopic (exact) mass is 257 g/mol. The van der Waals surface area contributed by atoms with Crippen molar-refractivity contribution in [3.63, 3.8) is 0 Å². The van der Waals surface area contributed by atoms with Crippen molar-refractivity contribution < 1.29 is 9.18 Å². The van der Waals surface area contributed by atoms with E-state index < -0.39 is 0 Å². The third-order valence-electron chi connectivity index (χ3n) is 2.95. The Kier molecular flexibility index (Phi) is 4.29. The summed E-state index contributed by atoms with van der Waals surface area (Å²) >= 11 is 0. The van der Waals surface area contributed by atoms with Crippen molar-refractivity contribution in [1.82, 2.24) is 0 Å². The fraction of sp³-hybridized carbons (Fsp3) is 0.188. The lowest BCUT2D eigenvalue weighted by Gasteiger charge is -2.08. The van der Waals surface area contributed by atoms with Crippen molar-refractivity contribution in [2.24, 2.45) is 0 Å². The summed E-state index contributed by atoms with van der Waals surface area (Å²) in [6.07, 6.45) is 1.12. The lowest BCUT2D eigenvalue weighted by atomic mass is 10.1. The van der Waals surface area contributed by atoms with Gasteiger partial charge in [-0.05, 0) is 42.7 Å². The molecule has 0 bridgehead atoms. The van der Waals surface area contributed by atoms with E-state index in [1.54, 1.807) is 13.0 Å². The third kappa shape index (κ3) is 3.91. The van der Waals surface area contributed by atoms with Crippen LogP contribution in [0.3, 0.4) is 0 Å². The van der Waals surface area contributed by atoms with Crippen molar-refractivity contribution >= 4 is 11.6 Å². The molecule has 19 heavy (non-hydrogen) atoms. The zero-order valence-electron chi connectivity index (χ0n) is 10.8. The molecule has 3 heteroatoms. The Hall–Kier alpha value is -2.16. The SMILES string of the molecule is Cc1cc(F)ccc1NC(=O)CCc1ccccc1. The van der Waals surface area contributed by atoms with Crippen LogP contribution in [0, 0.1) is 12.7 Å². The molecule has 0 radical (unpaired) electrons. The molecule has 2 aromatic rings. The zero-order valence-corrected chi connectivity index (χ0v) is 10.8. The summed E-state index contributed by atoms with van der Waals surface area (Å²) in [7, 11) is 0. The number of amides is 1. The number of hydrogen-bond donors (Lipinski definition) is 1. The average Bonchev–Trinajstić information content (AvgIpc) is 2.41. The van der Waals surface area contributed by atoms with Gasteiger partial charge < -0.3 is 5.32 Å². The van der Waals surface area contributed by atoms with Gasteiger partial charge >= 0.3 is 0 Å². The predicted octanol–water partition coefficient (Wildman–Crippen LogP) is 3.71. The number of nitrogens with one attached hydrogen (secondary N) is 1. The van der Waals surface area contributed by atoms with Gasteiger partial charge in [-0.3, -0.25) is 4.79 Å². The Balaban J connectivity index is 1.91. The molecule has 2 aromatic carbocycles. The lowest BCUT2D eigenvalue weighted by molar-refractivity contribution is -0.116. The second kappa shape index (κ2) is 6.14. The summed E-state index contributed by atoms with van der Waals surface area (Å²) in [5.41, 5.74) is 2.53. The molecule has 0 atom stereocenters. The molecule has 0 fully saturated rings. The number of hydrogen-bond acceptors (Lipinski definition) is 1. The summed E-state index contributed by atoms with van der Waals surface area (Å²) in [6, 6.07) is 14.2. The quantitative estimate of drug-likeness (QED) is 0.889. The third-order valence-corrected chi connectivity index (χ3v) is 2.95. The molecule has 0 aliphatic heterocycles. The van der Waals surface area contributed by atoms with Crippen molar-refractivity contribution in [3.8, 4) is 0 Å². The Morgan fingerprint density at radius 3 is 2.58 bits per heavy atom. The molecule has 0 saturated carbocycles. The van der Waals surface area contributed by atoms with Crippen LogP contribution in [0.15, 0.2) is 48.5 Å². The van der Waals surface area contributed by atoms with Gasteiger partial charge in [-0.15, -0.1) is 0 Å². The highest BCUT2D eigenvalue weighted by atomic mass is 19.1. The van der Waals surface area contributed by atoms with Crippen molar-refractivity contribution in [3.05, 3.63) is 65.5 Å². The first-order valence-corrected chi connectivity index (χ1v) is 6.25. The number of carbonyl (C=O) groups excluding carboxylic acids is 1. The molecular weight excluding hydrogens is 241 g/mol. The highest BCUT2D eigenvalue weighted by molar-refractivity contribution is 5.91. The minimum absolute atomic E-state index is 0.0569. The van der Waals surface area contributed by atoms with E-state index in [1.165, 1.54) is 12.1 Å². The first-order chi connectivity index (χ1) is 9.15. The molecule has 0 aromatic heterocycles. The van der Waals surface area contributed by atoms with Gasteiger partial charge in [0.2, 0.25) is 5.91 Å². The van der Waals surface area contributed by atoms with Gasteiger partial charge in [-0.1, -0.05) is 30.3 Å². The number of anilines is 1. The van der Waals surface area contributed by atoms with Crippen LogP contribution >= 0.6 is 0 Å². The zero-order chi connectivity index (χ0) is 13.7. The number of benzene rings is 2. The normalized spacial score (nSPS) is 10.2. The van der Waals surface area contributed by atoms with E-state index in [1.807, 2.05) is 30.3 Å². The molecule has 0 aliphatic carbocycles.